The van der Waals surface area contributed by atoms with Crippen LogP contribution in [0, 0.1) is 0 Å². The Balaban J connectivity index is -0.000000188. The zero-order chi connectivity index (χ0) is 13.4. The van der Waals surface area contributed by atoms with Gasteiger partial charge >= 0.3 is 0 Å². The van der Waals surface area contributed by atoms with Crippen molar-refractivity contribution in [3.8, 4) is 0 Å². The Morgan fingerprint density at radius 1 is 1.25 bits per heavy atom. The van der Waals surface area contributed by atoms with Gasteiger partial charge in [-0.1, -0.05) is 0 Å². The molecule has 0 aliphatic carbocycles. The van der Waals surface area contributed by atoms with Crippen molar-refractivity contribution >= 4 is 5.78 Å². The molecule has 0 rings (SSSR count). The molecule has 0 aliphatic rings. The van der Waals surface area contributed by atoms with E-state index in [1.807, 2.05) is 20.8 Å². The number of rotatable bonds is 6. The van der Waals surface area contributed by atoms with Crippen molar-refractivity contribution in [2.75, 3.05) is 19.8 Å². The zero-order valence-corrected chi connectivity index (χ0v) is 11.1. The number of ether oxygens (including phenoxy) is 2. The van der Waals surface area contributed by atoms with Gasteiger partial charge < -0.3 is 15.2 Å². The Kier molecular flexibility index (Phi) is 25.6. The van der Waals surface area contributed by atoms with E-state index in [2.05, 4.69) is 13.2 Å². The van der Waals surface area contributed by atoms with E-state index >= 15 is 0 Å². The molecule has 98 valence electrons. The number of carbonyl (C=O) groups is 1. The lowest BCUT2D eigenvalue weighted by atomic mass is 10.3. The molecule has 16 heavy (non-hydrogen) atoms. The highest BCUT2D eigenvalue weighted by Crippen LogP contribution is 1.90. The summed E-state index contributed by atoms with van der Waals surface area (Å²) in [5.41, 5.74) is 5.01. The molecule has 0 bridgehead atoms. The Bertz CT molecular complexity index is 134. The molecule has 0 spiro atoms. The minimum Gasteiger partial charge on any atom is -0.353 e. The molecule has 0 aromatic rings. The van der Waals surface area contributed by atoms with Gasteiger partial charge in [0, 0.05) is 19.6 Å². The molecule has 0 unspecified atom stereocenters. The van der Waals surface area contributed by atoms with Gasteiger partial charge in [-0.2, -0.15) is 0 Å². The summed E-state index contributed by atoms with van der Waals surface area (Å²) >= 11 is 0. The lowest BCUT2D eigenvalue weighted by Gasteiger charge is -2.09. The first-order valence-corrected chi connectivity index (χ1v) is 5.51. The standard InChI is InChI=1S/C6H14O2.C4H9NO.C2H4/c1-4-7-6(3)8-5-2;1-4(6)2-3-5;1-2/h6H,4-5H2,1-3H3;2-3,5H2,1H3;1-2H2. The van der Waals surface area contributed by atoms with Crippen molar-refractivity contribution in [2.45, 2.75) is 40.4 Å². The van der Waals surface area contributed by atoms with E-state index in [0.717, 1.165) is 13.2 Å². The van der Waals surface area contributed by atoms with E-state index < -0.39 is 0 Å². The van der Waals surface area contributed by atoms with Crippen molar-refractivity contribution < 1.29 is 14.3 Å². The van der Waals surface area contributed by atoms with Crippen LogP contribution in [0.3, 0.4) is 0 Å². The van der Waals surface area contributed by atoms with E-state index in [4.69, 9.17) is 15.2 Å². The Morgan fingerprint density at radius 3 is 1.75 bits per heavy atom. The minimum atomic E-state index is -0.0370. The summed E-state index contributed by atoms with van der Waals surface area (Å²) in [5.74, 6) is 0.164. The average Bonchev–Trinajstić information content (AvgIpc) is 2.22. The lowest BCUT2D eigenvalue weighted by molar-refractivity contribution is -0.123. The topological polar surface area (TPSA) is 61.6 Å². The number of hydrogen-bond acceptors (Lipinski definition) is 4. The van der Waals surface area contributed by atoms with Gasteiger partial charge in [-0.15, -0.1) is 13.2 Å². The van der Waals surface area contributed by atoms with Crippen molar-refractivity contribution in [3.63, 3.8) is 0 Å². The number of Topliss-reactive ketones (excluding diaryl/α,β-unsaturated/α-hetero) is 1. The Labute approximate surface area is 99.8 Å². The fourth-order valence-electron chi connectivity index (χ4n) is 0.721. The molecular weight excluding hydrogens is 206 g/mol. The monoisotopic (exact) mass is 233 g/mol. The molecule has 0 saturated heterocycles. The second-order valence-corrected chi connectivity index (χ2v) is 2.72. The van der Waals surface area contributed by atoms with Crippen molar-refractivity contribution in [1.82, 2.24) is 0 Å². The Morgan fingerprint density at radius 2 is 1.62 bits per heavy atom. The van der Waals surface area contributed by atoms with E-state index in [0.29, 0.717) is 13.0 Å². The minimum absolute atomic E-state index is 0.0370. The first kappa shape index (κ1) is 20.7. The molecular formula is C12H27NO3. The van der Waals surface area contributed by atoms with Gasteiger partial charge in [0.2, 0.25) is 0 Å². The summed E-state index contributed by atoms with van der Waals surface area (Å²) < 4.78 is 10.1. The molecule has 0 aromatic carbocycles. The number of carbonyl (C=O) groups excluding carboxylic acids is 1. The van der Waals surface area contributed by atoms with Crippen LogP contribution in [-0.4, -0.2) is 31.8 Å². The van der Waals surface area contributed by atoms with Crippen LogP contribution in [0.15, 0.2) is 13.2 Å². The SMILES string of the molecule is C=C.CC(=O)CCN.CCOC(C)OCC. The molecule has 0 fully saturated rings. The van der Waals surface area contributed by atoms with Gasteiger partial charge in [-0.05, 0) is 34.2 Å². The van der Waals surface area contributed by atoms with Crippen LogP contribution < -0.4 is 5.73 Å². The second kappa shape index (κ2) is 19.8. The van der Waals surface area contributed by atoms with E-state index in [9.17, 15) is 4.79 Å². The van der Waals surface area contributed by atoms with Crippen LogP contribution in [-0.2, 0) is 14.3 Å². The van der Waals surface area contributed by atoms with Crippen molar-refractivity contribution in [2.24, 2.45) is 5.73 Å². The first-order valence-electron chi connectivity index (χ1n) is 5.51. The van der Waals surface area contributed by atoms with Gasteiger partial charge in [0.25, 0.3) is 0 Å². The van der Waals surface area contributed by atoms with Gasteiger partial charge in [0.1, 0.15) is 5.78 Å². The maximum absolute atomic E-state index is 9.96. The summed E-state index contributed by atoms with van der Waals surface area (Å²) in [7, 11) is 0. The predicted octanol–water partition coefficient (Wildman–Crippen LogP) is 2.13. The fraction of sp³-hybridized carbons (Fsp3) is 0.750. The van der Waals surface area contributed by atoms with Crippen LogP contribution in [0.2, 0.25) is 0 Å². The molecule has 0 heterocycles. The zero-order valence-electron chi connectivity index (χ0n) is 11.1. The van der Waals surface area contributed by atoms with E-state index in [1.54, 1.807) is 0 Å². The van der Waals surface area contributed by atoms with Gasteiger partial charge in [-0.25, -0.2) is 0 Å². The van der Waals surface area contributed by atoms with Crippen molar-refractivity contribution in [3.05, 3.63) is 13.2 Å². The summed E-state index contributed by atoms with van der Waals surface area (Å²) in [6, 6.07) is 0. The number of ketones is 1. The van der Waals surface area contributed by atoms with Gasteiger partial charge in [0.05, 0.1) is 0 Å². The fourth-order valence-corrected chi connectivity index (χ4v) is 0.721. The number of nitrogens with two attached hydrogens (primary N) is 1. The van der Waals surface area contributed by atoms with Crippen LogP contribution in [0.25, 0.3) is 0 Å². The largest absolute Gasteiger partial charge is 0.353 e. The molecule has 0 aromatic heterocycles. The molecule has 0 amide bonds. The lowest BCUT2D eigenvalue weighted by Crippen LogP contribution is -2.11. The molecule has 0 saturated carbocycles. The van der Waals surface area contributed by atoms with Crippen LogP contribution in [0.4, 0.5) is 0 Å². The highest BCUT2D eigenvalue weighted by atomic mass is 16.7. The first-order chi connectivity index (χ1) is 7.58. The molecule has 2 N–H and O–H groups in total. The molecule has 0 atom stereocenters. The Hall–Kier alpha value is -0.710. The maximum atomic E-state index is 9.96. The third-order valence-corrected chi connectivity index (χ3v) is 1.30. The van der Waals surface area contributed by atoms with Crippen molar-refractivity contribution in [1.29, 1.82) is 0 Å². The third-order valence-electron chi connectivity index (χ3n) is 1.30. The highest BCUT2D eigenvalue weighted by molar-refractivity contribution is 5.75. The average molecular weight is 233 g/mol. The summed E-state index contributed by atoms with van der Waals surface area (Å²) in [4.78, 5) is 9.96. The molecule has 4 heteroatoms. The molecule has 0 radical (unpaired) electrons. The van der Waals surface area contributed by atoms with E-state index in [-0.39, 0.29) is 12.1 Å². The number of hydrogen-bond donors (Lipinski definition) is 1. The van der Waals surface area contributed by atoms with Gasteiger partial charge in [-0.3, -0.25) is 4.79 Å². The predicted molar refractivity (Wildman–Crippen MR) is 68.3 cm³/mol. The summed E-state index contributed by atoms with van der Waals surface area (Å²) in [6.07, 6.45) is 0.477. The van der Waals surface area contributed by atoms with Crippen LogP contribution >= 0.6 is 0 Å². The van der Waals surface area contributed by atoms with E-state index in [1.165, 1.54) is 6.92 Å². The quantitative estimate of drug-likeness (QED) is 0.564. The smallest absolute Gasteiger partial charge is 0.154 e. The highest BCUT2D eigenvalue weighted by Gasteiger charge is 1.94. The third kappa shape index (κ3) is 29.2. The van der Waals surface area contributed by atoms with Crippen LogP contribution in [0.5, 0.6) is 0 Å². The summed E-state index contributed by atoms with van der Waals surface area (Å²) in [5, 5.41) is 0. The maximum Gasteiger partial charge on any atom is 0.154 e. The second-order valence-electron chi connectivity index (χ2n) is 2.72. The van der Waals surface area contributed by atoms with Crippen LogP contribution in [0.1, 0.15) is 34.1 Å². The normalized spacial score (nSPS) is 8.62. The van der Waals surface area contributed by atoms with Gasteiger partial charge in [0.15, 0.2) is 6.29 Å². The molecule has 0 aliphatic heterocycles. The molecule has 4 nitrogen and oxygen atoms in total. The summed E-state index contributed by atoms with van der Waals surface area (Å²) in [6.45, 7) is 15.3.